The Morgan fingerprint density at radius 2 is 2.44 bits per heavy atom. The first-order valence-corrected chi connectivity index (χ1v) is 7.12. The Bertz CT molecular complexity index is 424. The van der Waals surface area contributed by atoms with E-state index in [1.165, 1.54) is 11.3 Å². The van der Waals surface area contributed by atoms with Crippen molar-refractivity contribution < 1.29 is 9.90 Å². The van der Waals surface area contributed by atoms with Crippen LogP contribution in [0.1, 0.15) is 11.3 Å². The topological polar surface area (TPSA) is 43.8 Å². The normalized spacial score (nSPS) is 20.3. The number of aliphatic hydroxyl groups excluding tert-OH is 1. The van der Waals surface area contributed by atoms with Crippen LogP contribution in [0.25, 0.3) is 0 Å². The van der Waals surface area contributed by atoms with E-state index in [1.807, 2.05) is 17.0 Å². The molecule has 0 aliphatic carbocycles. The minimum atomic E-state index is -0.279. The second kappa shape index (κ2) is 6.02. The molecule has 1 aromatic heterocycles. The van der Waals surface area contributed by atoms with Crippen molar-refractivity contribution in [2.45, 2.75) is 19.1 Å². The predicted octanol–water partition coefficient (Wildman–Crippen LogP) is 1.43. The van der Waals surface area contributed by atoms with Gasteiger partial charge in [0.15, 0.2) is 0 Å². The number of carbonyl (C=O) groups is 1. The van der Waals surface area contributed by atoms with Crippen LogP contribution in [0.2, 0.25) is 4.34 Å². The molecule has 0 radical (unpaired) electrons. The number of hydrogen-bond donors (Lipinski definition) is 1. The van der Waals surface area contributed by atoms with E-state index in [-0.39, 0.29) is 12.0 Å². The summed E-state index contributed by atoms with van der Waals surface area (Å²) < 4.78 is 0.744. The Balaban J connectivity index is 1.81. The van der Waals surface area contributed by atoms with Gasteiger partial charge in [0.1, 0.15) is 0 Å². The molecular weight excluding hydrogens is 272 g/mol. The number of β-amino-alcohol motifs (C(OH)–C–C–N with tert-alkyl or cyclic N) is 1. The molecular formula is C12H17ClN2O2S. The number of carbonyl (C=O) groups excluding carboxylic acids is 1. The highest BCUT2D eigenvalue weighted by Crippen LogP contribution is 2.22. The fourth-order valence-corrected chi connectivity index (χ4v) is 3.17. The lowest BCUT2D eigenvalue weighted by Gasteiger charge is -2.20. The molecule has 2 heterocycles. The van der Waals surface area contributed by atoms with Crippen molar-refractivity contribution in [2.24, 2.45) is 0 Å². The van der Waals surface area contributed by atoms with Gasteiger partial charge < -0.3 is 10.0 Å². The number of amides is 1. The molecule has 4 nitrogen and oxygen atoms in total. The Morgan fingerprint density at radius 3 is 3.00 bits per heavy atom. The maximum Gasteiger partial charge on any atom is 0.236 e. The van der Waals surface area contributed by atoms with Gasteiger partial charge in [-0.3, -0.25) is 9.69 Å². The van der Waals surface area contributed by atoms with Crippen LogP contribution in [0.15, 0.2) is 12.1 Å². The molecule has 0 bridgehead atoms. The van der Waals surface area contributed by atoms with E-state index < -0.39 is 0 Å². The van der Waals surface area contributed by atoms with Gasteiger partial charge in [0.05, 0.1) is 23.5 Å². The van der Waals surface area contributed by atoms with Gasteiger partial charge in [0, 0.05) is 25.0 Å². The largest absolute Gasteiger partial charge is 0.392 e. The molecule has 1 amide bonds. The van der Waals surface area contributed by atoms with Gasteiger partial charge in [-0.2, -0.15) is 0 Å². The quantitative estimate of drug-likeness (QED) is 0.911. The number of likely N-dealkylation sites (tertiary alicyclic amines) is 1. The molecule has 1 aromatic rings. The Hall–Kier alpha value is -0.620. The highest BCUT2D eigenvalue weighted by atomic mass is 35.5. The molecule has 0 spiro atoms. The second-order valence-electron chi connectivity index (χ2n) is 4.63. The monoisotopic (exact) mass is 288 g/mol. The van der Waals surface area contributed by atoms with Crippen molar-refractivity contribution in [3.05, 3.63) is 21.3 Å². The van der Waals surface area contributed by atoms with E-state index in [4.69, 9.17) is 11.6 Å². The Kier molecular flexibility index (Phi) is 4.61. The first-order chi connectivity index (χ1) is 8.54. The first kappa shape index (κ1) is 13.8. The zero-order chi connectivity index (χ0) is 13.1. The molecule has 2 rings (SSSR count). The summed E-state index contributed by atoms with van der Waals surface area (Å²) >= 11 is 7.35. The second-order valence-corrected chi connectivity index (χ2v) is 6.43. The van der Waals surface area contributed by atoms with Crippen molar-refractivity contribution in [3.63, 3.8) is 0 Å². The molecule has 6 heteroatoms. The molecule has 100 valence electrons. The molecule has 1 aliphatic rings. The molecule has 1 saturated heterocycles. The highest BCUT2D eigenvalue weighted by Gasteiger charge is 2.23. The maximum absolute atomic E-state index is 12.0. The lowest BCUT2D eigenvalue weighted by molar-refractivity contribution is -0.131. The summed E-state index contributed by atoms with van der Waals surface area (Å²) in [5.74, 6) is 0.0774. The molecule has 0 saturated carbocycles. The van der Waals surface area contributed by atoms with E-state index in [0.717, 1.165) is 22.2 Å². The summed E-state index contributed by atoms with van der Waals surface area (Å²) in [5, 5.41) is 9.41. The highest BCUT2D eigenvalue weighted by molar-refractivity contribution is 7.16. The van der Waals surface area contributed by atoms with Gasteiger partial charge in [0.25, 0.3) is 0 Å². The van der Waals surface area contributed by atoms with Crippen molar-refractivity contribution in [1.29, 1.82) is 0 Å². The average Bonchev–Trinajstić information content (AvgIpc) is 2.88. The summed E-state index contributed by atoms with van der Waals surface area (Å²) in [4.78, 5) is 16.8. The molecule has 1 N–H and O–H groups in total. The van der Waals surface area contributed by atoms with E-state index in [9.17, 15) is 9.90 Å². The third-order valence-electron chi connectivity index (χ3n) is 3.05. The third-order valence-corrected chi connectivity index (χ3v) is 4.27. The fourth-order valence-electron chi connectivity index (χ4n) is 2.03. The van der Waals surface area contributed by atoms with Gasteiger partial charge in [-0.1, -0.05) is 11.6 Å². The Labute approximate surface area is 116 Å². The van der Waals surface area contributed by atoms with Crippen molar-refractivity contribution in [3.8, 4) is 0 Å². The van der Waals surface area contributed by atoms with E-state index >= 15 is 0 Å². The van der Waals surface area contributed by atoms with Crippen molar-refractivity contribution >= 4 is 28.8 Å². The lowest BCUT2D eigenvalue weighted by atomic mass is 10.3. The van der Waals surface area contributed by atoms with Crippen LogP contribution in [0.3, 0.4) is 0 Å². The standard InChI is InChI=1S/C12H17ClN2O2S/c1-14(7-10-2-3-11(13)18-10)12(17)8-15-5-4-9(16)6-15/h2-3,9,16H,4-8H2,1H3/t9-/m0/s1. The number of likely N-dealkylation sites (N-methyl/N-ethyl adjacent to an activating group) is 1. The number of aliphatic hydroxyl groups is 1. The minimum absolute atomic E-state index is 0.0774. The van der Waals surface area contributed by atoms with Crippen LogP contribution < -0.4 is 0 Å². The molecule has 18 heavy (non-hydrogen) atoms. The first-order valence-electron chi connectivity index (χ1n) is 5.93. The molecule has 1 atom stereocenters. The van der Waals surface area contributed by atoms with E-state index in [1.54, 1.807) is 11.9 Å². The smallest absolute Gasteiger partial charge is 0.236 e. The van der Waals surface area contributed by atoms with E-state index in [0.29, 0.717) is 19.6 Å². The number of nitrogens with zero attached hydrogens (tertiary/aromatic N) is 2. The number of halogens is 1. The maximum atomic E-state index is 12.0. The van der Waals surface area contributed by atoms with Gasteiger partial charge >= 0.3 is 0 Å². The summed E-state index contributed by atoms with van der Waals surface area (Å²) in [6, 6.07) is 3.78. The average molecular weight is 289 g/mol. The zero-order valence-electron chi connectivity index (χ0n) is 10.3. The van der Waals surface area contributed by atoms with Crippen LogP contribution in [-0.4, -0.2) is 53.6 Å². The van der Waals surface area contributed by atoms with Crippen LogP contribution in [0.4, 0.5) is 0 Å². The summed E-state index contributed by atoms with van der Waals surface area (Å²) in [6.45, 7) is 2.37. The fraction of sp³-hybridized carbons (Fsp3) is 0.583. The van der Waals surface area contributed by atoms with Gasteiger partial charge in [-0.25, -0.2) is 0 Å². The molecule has 1 fully saturated rings. The lowest BCUT2D eigenvalue weighted by Crippen LogP contribution is -2.37. The van der Waals surface area contributed by atoms with Crippen LogP contribution in [0, 0.1) is 0 Å². The Morgan fingerprint density at radius 1 is 1.67 bits per heavy atom. The van der Waals surface area contributed by atoms with Gasteiger partial charge in [-0.05, 0) is 18.6 Å². The third kappa shape index (κ3) is 3.68. The summed E-state index contributed by atoms with van der Waals surface area (Å²) in [6.07, 6.45) is 0.483. The van der Waals surface area contributed by atoms with E-state index in [2.05, 4.69) is 0 Å². The van der Waals surface area contributed by atoms with Crippen LogP contribution in [0.5, 0.6) is 0 Å². The number of thiophene rings is 1. The van der Waals surface area contributed by atoms with Crippen LogP contribution >= 0.6 is 22.9 Å². The molecule has 1 aliphatic heterocycles. The summed E-state index contributed by atoms with van der Waals surface area (Å²) in [7, 11) is 1.79. The molecule has 0 unspecified atom stereocenters. The van der Waals surface area contributed by atoms with Gasteiger partial charge in [0.2, 0.25) is 5.91 Å². The summed E-state index contributed by atoms with van der Waals surface area (Å²) in [5.41, 5.74) is 0. The predicted molar refractivity (Wildman–Crippen MR) is 72.9 cm³/mol. The van der Waals surface area contributed by atoms with Crippen LogP contribution in [-0.2, 0) is 11.3 Å². The number of hydrogen-bond acceptors (Lipinski definition) is 4. The van der Waals surface area contributed by atoms with Crippen molar-refractivity contribution in [1.82, 2.24) is 9.80 Å². The van der Waals surface area contributed by atoms with Crippen molar-refractivity contribution in [2.75, 3.05) is 26.7 Å². The molecule has 0 aromatic carbocycles. The van der Waals surface area contributed by atoms with Gasteiger partial charge in [-0.15, -0.1) is 11.3 Å². The SMILES string of the molecule is CN(Cc1ccc(Cl)s1)C(=O)CN1CC[C@H](O)C1. The minimum Gasteiger partial charge on any atom is -0.392 e. The zero-order valence-corrected chi connectivity index (χ0v) is 11.9. The number of rotatable bonds is 4.